The minimum absolute atomic E-state index is 0. The molecular weight excluding hydrogens is 400 g/mol. The molecule has 1 atom stereocenters. The van der Waals surface area contributed by atoms with Gasteiger partial charge in [-0.25, -0.2) is 0 Å². The molecule has 3 aromatic rings. The van der Waals surface area contributed by atoms with E-state index in [9.17, 15) is 15.0 Å². The van der Waals surface area contributed by atoms with Crippen molar-refractivity contribution in [2.24, 2.45) is 0 Å². The van der Waals surface area contributed by atoms with Crippen LogP contribution in [0.3, 0.4) is 0 Å². The lowest BCUT2D eigenvalue weighted by Gasteiger charge is -2.13. The van der Waals surface area contributed by atoms with Crippen molar-refractivity contribution in [3.63, 3.8) is 0 Å². The summed E-state index contributed by atoms with van der Waals surface area (Å²) in [4.78, 5) is 11.1. The van der Waals surface area contributed by atoms with E-state index in [2.05, 4.69) is 10.6 Å². The number of carbonyl (C=O) groups is 1. The van der Waals surface area contributed by atoms with Crippen molar-refractivity contribution in [2.45, 2.75) is 13.5 Å². The molecule has 158 valence electrons. The first-order valence-corrected chi connectivity index (χ1v) is 9.71. The number of benzene rings is 3. The molecule has 0 heterocycles. The first kappa shape index (κ1) is 23.4. The van der Waals surface area contributed by atoms with Crippen LogP contribution in [0.5, 0.6) is 0 Å². The standard InChI is InChI=1S/C23H23ClN2O3.CH4/c24-20-8-2-6-18(13-20)22(27)15-25-10-11-26-21-9-3-5-17(14-21)16-4-1-7-19(12-16)23(28)29;/h1-9,12-14,22,25-27H,10-11,15H2,(H,28,29);1H4/p-1/t22-;/m0./s1. The summed E-state index contributed by atoms with van der Waals surface area (Å²) >= 11 is 5.95. The van der Waals surface area contributed by atoms with E-state index in [0.29, 0.717) is 24.7 Å². The summed E-state index contributed by atoms with van der Waals surface area (Å²) in [5.41, 5.74) is 3.60. The number of aliphatic hydroxyl groups is 1. The molecule has 0 aliphatic carbocycles. The van der Waals surface area contributed by atoms with Gasteiger partial charge in [-0.1, -0.05) is 61.5 Å². The number of hydrogen-bond donors (Lipinski definition) is 3. The summed E-state index contributed by atoms with van der Waals surface area (Å²) in [6.45, 7) is 1.77. The Hall–Kier alpha value is -2.86. The van der Waals surface area contributed by atoms with Gasteiger partial charge in [0.25, 0.3) is 0 Å². The van der Waals surface area contributed by atoms with Crippen molar-refractivity contribution in [3.8, 4) is 11.1 Å². The largest absolute Gasteiger partial charge is 0.545 e. The van der Waals surface area contributed by atoms with Gasteiger partial charge in [0.05, 0.1) is 12.1 Å². The molecule has 0 amide bonds. The molecule has 0 spiro atoms. The van der Waals surface area contributed by atoms with E-state index < -0.39 is 12.1 Å². The van der Waals surface area contributed by atoms with Crippen LogP contribution in [0.4, 0.5) is 5.69 Å². The Morgan fingerprint density at radius 2 is 1.67 bits per heavy atom. The highest BCUT2D eigenvalue weighted by atomic mass is 35.5. The molecule has 0 fully saturated rings. The highest BCUT2D eigenvalue weighted by molar-refractivity contribution is 6.30. The van der Waals surface area contributed by atoms with E-state index in [1.54, 1.807) is 24.3 Å². The van der Waals surface area contributed by atoms with Crippen LogP contribution >= 0.6 is 11.6 Å². The van der Waals surface area contributed by atoms with Gasteiger partial charge in [0.15, 0.2) is 0 Å². The average Bonchev–Trinajstić information content (AvgIpc) is 2.73. The molecule has 6 heteroatoms. The zero-order valence-electron chi connectivity index (χ0n) is 15.8. The van der Waals surface area contributed by atoms with Crippen molar-refractivity contribution in [1.29, 1.82) is 0 Å². The van der Waals surface area contributed by atoms with E-state index in [0.717, 1.165) is 22.4 Å². The second-order valence-electron chi connectivity index (χ2n) is 6.65. The van der Waals surface area contributed by atoms with Gasteiger partial charge < -0.3 is 25.6 Å². The van der Waals surface area contributed by atoms with Crippen LogP contribution in [0.2, 0.25) is 5.02 Å². The summed E-state index contributed by atoms with van der Waals surface area (Å²) < 4.78 is 0. The number of hydrogen-bond acceptors (Lipinski definition) is 5. The molecule has 3 rings (SSSR count). The fraction of sp³-hybridized carbons (Fsp3) is 0.208. The third-order valence-electron chi connectivity index (χ3n) is 4.50. The van der Waals surface area contributed by atoms with Crippen molar-refractivity contribution in [2.75, 3.05) is 25.0 Å². The quantitative estimate of drug-likeness (QED) is 0.455. The summed E-state index contributed by atoms with van der Waals surface area (Å²) in [6, 6.07) is 21.7. The Balaban J connectivity index is 0.00000320. The first-order valence-electron chi connectivity index (χ1n) is 9.33. The molecule has 0 saturated heterocycles. The molecule has 5 nitrogen and oxygen atoms in total. The second-order valence-corrected chi connectivity index (χ2v) is 7.09. The lowest BCUT2D eigenvalue weighted by Crippen LogP contribution is -2.26. The number of nitrogens with one attached hydrogen (secondary N) is 2. The summed E-state index contributed by atoms with van der Waals surface area (Å²) in [5, 5.41) is 28.4. The van der Waals surface area contributed by atoms with Gasteiger partial charge in [0.2, 0.25) is 0 Å². The lowest BCUT2D eigenvalue weighted by molar-refractivity contribution is -0.255. The molecule has 0 aliphatic heterocycles. The van der Waals surface area contributed by atoms with Crippen LogP contribution in [0.1, 0.15) is 29.5 Å². The fourth-order valence-corrected chi connectivity index (χ4v) is 3.20. The van der Waals surface area contributed by atoms with E-state index >= 15 is 0 Å². The molecular formula is C24H26ClN2O3-. The van der Waals surface area contributed by atoms with Crippen LogP contribution in [0, 0.1) is 0 Å². The Kier molecular flexibility index (Phi) is 8.87. The highest BCUT2D eigenvalue weighted by Crippen LogP contribution is 2.23. The average molecular weight is 426 g/mol. The molecule has 30 heavy (non-hydrogen) atoms. The molecule has 0 aromatic heterocycles. The van der Waals surface area contributed by atoms with Crippen LogP contribution in [-0.4, -0.2) is 30.7 Å². The topological polar surface area (TPSA) is 84.4 Å². The number of carbonyl (C=O) groups excluding carboxylic acids is 1. The third-order valence-corrected chi connectivity index (χ3v) is 4.73. The van der Waals surface area contributed by atoms with Gasteiger partial charge in [0, 0.05) is 30.3 Å². The number of aromatic carboxylic acids is 1. The van der Waals surface area contributed by atoms with Gasteiger partial charge in [-0.05, 0) is 52.6 Å². The van der Waals surface area contributed by atoms with Gasteiger partial charge in [0.1, 0.15) is 0 Å². The molecule has 0 radical (unpaired) electrons. The highest BCUT2D eigenvalue weighted by Gasteiger charge is 2.07. The maximum absolute atomic E-state index is 11.1. The minimum atomic E-state index is -1.19. The molecule has 0 saturated carbocycles. The van der Waals surface area contributed by atoms with Crippen LogP contribution in [0.25, 0.3) is 11.1 Å². The normalized spacial score (nSPS) is 11.4. The maximum Gasteiger partial charge on any atom is 0.0914 e. The first-order chi connectivity index (χ1) is 14.0. The lowest BCUT2D eigenvalue weighted by atomic mass is 10.0. The molecule has 3 aromatic carbocycles. The Morgan fingerprint density at radius 3 is 2.40 bits per heavy atom. The van der Waals surface area contributed by atoms with Gasteiger partial charge in [-0.2, -0.15) is 0 Å². The predicted molar refractivity (Wildman–Crippen MR) is 121 cm³/mol. The van der Waals surface area contributed by atoms with Gasteiger partial charge >= 0.3 is 0 Å². The SMILES string of the molecule is C.O=C([O-])c1cccc(-c2cccc(NCCNC[C@H](O)c3cccc(Cl)c3)c2)c1. The minimum Gasteiger partial charge on any atom is -0.545 e. The summed E-state index contributed by atoms with van der Waals surface area (Å²) in [6.07, 6.45) is -0.618. The van der Waals surface area contributed by atoms with E-state index in [4.69, 9.17) is 11.6 Å². The monoisotopic (exact) mass is 425 g/mol. The van der Waals surface area contributed by atoms with Crippen molar-refractivity contribution in [3.05, 3.63) is 88.9 Å². The smallest absolute Gasteiger partial charge is 0.0914 e. The van der Waals surface area contributed by atoms with Crippen molar-refractivity contribution >= 4 is 23.3 Å². The predicted octanol–water partition coefficient (Wildman–Crippen LogP) is 3.74. The number of rotatable bonds is 9. The number of carboxylic acid groups (broad SMARTS) is 1. The van der Waals surface area contributed by atoms with Crippen molar-refractivity contribution in [1.82, 2.24) is 5.32 Å². The summed E-state index contributed by atoms with van der Waals surface area (Å²) in [7, 11) is 0. The fourth-order valence-electron chi connectivity index (χ4n) is 3.00. The van der Waals surface area contributed by atoms with E-state index in [1.807, 2.05) is 42.5 Å². The molecule has 3 N–H and O–H groups in total. The van der Waals surface area contributed by atoms with Gasteiger partial charge in [-0.3, -0.25) is 0 Å². The van der Waals surface area contributed by atoms with E-state index in [-0.39, 0.29) is 13.0 Å². The Morgan fingerprint density at radius 1 is 0.967 bits per heavy atom. The Bertz CT molecular complexity index is 978. The Labute approximate surface area is 182 Å². The molecule has 0 aliphatic rings. The number of halogens is 1. The third kappa shape index (κ3) is 6.59. The van der Waals surface area contributed by atoms with Gasteiger partial charge in [-0.15, -0.1) is 0 Å². The van der Waals surface area contributed by atoms with Crippen LogP contribution < -0.4 is 15.7 Å². The summed E-state index contributed by atoms with van der Waals surface area (Å²) in [5.74, 6) is -1.19. The van der Waals surface area contributed by atoms with Crippen molar-refractivity contribution < 1.29 is 15.0 Å². The zero-order chi connectivity index (χ0) is 20.6. The van der Waals surface area contributed by atoms with Crippen LogP contribution in [0.15, 0.2) is 72.8 Å². The number of anilines is 1. The molecule has 0 unspecified atom stereocenters. The number of carboxylic acids is 1. The maximum atomic E-state index is 11.1. The number of aliphatic hydroxyl groups excluding tert-OH is 1. The zero-order valence-corrected chi connectivity index (χ0v) is 16.5. The van der Waals surface area contributed by atoms with E-state index in [1.165, 1.54) is 6.07 Å². The van der Waals surface area contributed by atoms with Crippen LogP contribution in [-0.2, 0) is 0 Å². The molecule has 0 bridgehead atoms. The second kappa shape index (κ2) is 11.4.